The molecule has 0 spiro atoms. The van der Waals surface area contributed by atoms with Gasteiger partial charge in [0.05, 0.1) is 5.60 Å². The molecule has 0 aliphatic heterocycles. The third kappa shape index (κ3) is 2.84. The lowest BCUT2D eigenvalue weighted by Gasteiger charge is -2.39. The first kappa shape index (κ1) is 12.7. The first-order valence-electron chi connectivity index (χ1n) is 5.46. The van der Waals surface area contributed by atoms with Gasteiger partial charge in [0.1, 0.15) is 0 Å². The Bertz CT molecular complexity index is 153. The molecular formula is C12H24O. The van der Waals surface area contributed by atoms with E-state index >= 15 is 0 Å². The average Bonchev–Trinajstić information content (AvgIpc) is 2.17. The van der Waals surface area contributed by atoms with Crippen LogP contribution < -0.4 is 0 Å². The minimum Gasteiger partial charge on any atom is -0.386 e. The van der Waals surface area contributed by atoms with Gasteiger partial charge in [-0.1, -0.05) is 40.2 Å². The summed E-state index contributed by atoms with van der Waals surface area (Å²) in [6.07, 6.45) is 4.99. The van der Waals surface area contributed by atoms with Gasteiger partial charge in [-0.2, -0.15) is 0 Å². The van der Waals surface area contributed by atoms with E-state index in [0.29, 0.717) is 11.8 Å². The highest BCUT2D eigenvalue weighted by Gasteiger charge is 2.36. The van der Waals surface area contributed by atoms with Crippen LogP contribution >= 0.6 is 0 Å². The largest absolute Gasteiger partial charge is 0.386 e. The van der Waals surface area contributed by atoms with Crippen molar-refractivity contribution in [1.82, 2.24) is 0 Å². The maximum atomic E-state index is 10.0. The number of hydrogen-bond acceptors (Lipinski definition) is 1. The molecule has 0 saturated heterocycles. The van der Waals surface area contributed by atoms with Gasteiger partial charge in [0.15, 0.2) is 0 Å². The van der Waals surface area contributed by atoms with Gasteiger partial charge in [-0.25, -0.2) is 0 Å². The Hall–Kier alpha value is -0.300. The molecule has 13 heavy (non-hydrogen) atoms. The van der Waals surface area contributed by atoms with Crippen molar-refractivity contribution in [2.24, 2.45) is 11.8 Å². The van der Waals surface area contributed by atoms with E-state index in [-0.39, 0.29) is 0 Å². The smallest absolute Gasteiger partial charge is 0.0853 e. The van der Waals surface area contributed by atoms with Crippen molar-refractivity contribution in [1.29, 1.82) is 0 Å². The Kier molecular flexibility index (Phi) is 5.31. The van der Waals surface area contributed by atoms with E-state index in [1.165, 1.54) is 6.42 Å². The fourth-order valence-electron chi connectivity index (χ4n) is 1.97. The maximum Gasteiger partial charge on any atom is 0.0853 e. The molecule has 1 heteroatoms. The van der Waals surface area contributed by atoms with E-state index < -0.39 is 5.60 Å². The van der Waals surface area contributed by atoms with E-state index in [2.05, 4.69) is 20.4 Å². The van der Waals surface area contributed by atoms with Crippen molar-refractivity contribution >= 4 is 0 Å². The second kappa shape index (κ2) is 5.43. The zero-order chi connectivity index (χ0) is 10.5. The SMILES string of the molecule is C=CC1(O)CCCC(C)C1C.CC. The van der Waals surface area contributed by atoms with Gasteiger partial charge in [-0.3, -0.25) is 0 Å². The average molecular weight is 184 g/mol. The summed E-state index contributed by atoms with van der Waals surface area (Å²) in [5.74, 6) is 1.00. The number of rotatable bonds is 1. The zero-order valence-corrected chi connectivity index (χ0v) is 9.51. The highest BCUT2D eigenvalue weighted by atomic mass is 16.3. The van der Waals surface area contributed by atoms with Crippen LogP contribution in [-0.2, 0) is 0 Å². The first-order valence-corrected chi connectivity index (χ1v) is 5.46. The highest BCUT2D eigenvalue weighted by Crippen LogP contribution is 2.37. The molecule has 0 aromatic heterocycles. The van der Waals surface area contributed by atoms with Crippen LogP contribution in [0.1, 0.15) is 47.0 Å². The molecule has 1 aliphatic carbocycles. The minimum atomic E-state index is -0.586. The monoisotopic (exact) mass is 184 g/mol. The van der Waals surface area contributed by atoms with E-state index in [9.17, 15) is 5.11 Å². The van der Waals surface area contributed by atoms with E-state index in [1.54, 1.807) is 6.08 Å². The van der Waals surface area contributed by atoms with Crippen molar-refractivity contribution < 1.29 is 5.11 Å². The van der Waals surface area contributed by atoms with E-state index in [0.717, 1.165) is 12.8 Å². The molecule has 78 valence electrons. The molecule has 0 heterocycles. The van der Waals surface area contributed by atoms with Crippen LogP contribution in [0.4, 0.5) is 0 Å². The fraction of sp³-hybridized carbons (Fsp3) is 0.833. The van der Waals surface area contributed by atoms with Crippen molar-refractivity contribution in [3.8, 4) is 0 Å². The van der Waals surface area contributed by atoms with Gasteiger partial charge in [0.25, 0.3) is 0 Å². The number of aliphatic hydroxyl groups is 1. The van der Waals surface area contributed by atoms with E-state index in [4.69, 9.17) is 0 Å². The Balaban J connectivity index is 0.000000671. The normalized spacial score (nSPS) is 38.8. The summed E-state index contributed by atoms with van der Waals surface area (Å²) in [6.45, 7) is 12.0. The fourth-order valence-corrected chi connectivity index (χ4v) is 1.97. The Morgan fingerprint density at radius 2 is 1.92 bits per heavy atom. The topological polar surface area (TPSA) is 20.2 Å². The molecule has 0 bridgehead atoms. The lowest BCUT2D eigenvalue weighted by atomic mass is 9.71. The zero-order valence-electron chi connectivity index (χ0n) is 9.51. The van der Waals surface area contributed by atoms with Crippen LogP contribution in [0.25, 0.3) is 0 Å². The standard InChI is InChI=1S/C10H18O.C2H6/c1-4-10(11)7-5-6-8(2)9(10)3;1-2/h4,8-9,11H,1,5-7H2,2-3H3;1-2H3. The van der Waals surface area contributed by atoms with Gasteiger partial charge in [0, 0.05) is 0 Å². The van der Waals surface area contributed by atoms with Gasteiger partial charge in [-0.05, 0) is 24.7 Å². The van der Waals surface area contributed by atoms with Gasteiger partial charge >= 0.3 is 0 Å². The summed E-state index contributed by atoms with van der Waals surface area (Å²) in [4.78, 5) is 0. The lowest BCUT2D eigenvalue weighted by Crippen LogP contribution is -2.40. The molecule has 0 aromatic carbocycles. The summed E-state index contributed by atoms with van der Waals surface area (Å²) in [5.41, 5.74) is -0.586. The summed E-state index contributed by atoms with van der Waals surface area (Å²) < 4.78 is 0. The Labute approximate surface area is 82.9 Å². The molecule has 0 amide bonds. The van der Waals surface area contributed by atoms with Crippen LogP contribution in [0, 0.1) is 11.8 Å². The molecular weight excluding hydrogens is 160 g/mol. The molecule has 0 radical (unpaired) electrons. The third-order valence-electron chi connectivity index (χ3n) is 3.23. The van der Waals surface area contributed by atoms with Crippen molar-refractivity contribution in [2.45, 2.75) is 52.6 Å². The van der Waals surface area contributed by atoms with Crippen LogP contribution in [0.3, 0.4) is 0 Å². The van der Waals surface area contributed by atoms with Gasteiger partial charge in [-0.15, -0.1) is 6.58 Å². The van der Waals surface area contributed by atoms with Crippen LogP contribution in [0.2, 0.25) is 0 Å². The molecule has 1 rings (SSSR count). The maximum absolute atomic E-state index is 10.0. The molecule has 3 unspecified atom stereocenters. The summed E-state index contributed by atoms with van der Waals surface area (Å²) in [6, 6.07) is 0. The predicted molar refractivity (Wildman–Crippen MR) is 58.7 cm³/mol. The second-order valence-corrected chi connectivity index (χ2v) is 3.85. The van der Waals surface area contributed by atoms with Crippen LogP contribution in [0.15, 0.2) is 12.7 Å². The predicted octanol–water partition coefficient (Wildman–Crippen LogP) is 3.39. The Morgan fingerprint density at radius 1 is 1.38 bits per heavy atom. The van der Waals surface area contributed by atoms with Crippen molar-refractivity contribution in [3.05, 3.63) is 12.7 Å². The molecule has 0 aromatic rings. The summed E-state index contributed by atoms with van der Waals surface area (Å²) in [5, 5.41) is 10.0. The molecule has 1 saturated carbocycles. The van der Waals surface area contributed by atoms with Crippen LogP contribution in [0.5, 0.6) is 0 Å². The van der Waals surface area contributed by atoms with E-state index in [1.807, 2.05) is 13.8 Å². The molecule has 1 aliphatic rings. The summed E-state index contributed by atoms with van der Waals surface area (Å²) in [7, 11) is 0. The molecule has 1 fully saturated rings. The second-order valence-electron chi connectivity index (χ2n) is 3.85. The Morgan fingerprint density at radius 3 is 2.31 bits per heavy atom. The van der Waals surface area contributed by atoms with Crippen LogP contribution in [-0.4, -0.2) is 10.7 Å². The lowest BCUT2D eigenvalue weighted by molar-refractivity contribution is -0.0211. The first-order chi connectivity index (χ1) is 6.10. The van der Waals surface area contributed by atoms with Crippen molar-refractivity contribution in [3.63, 3.8) is 0 Å². The molecule has 1 N–H and O–H groups in total. The van der Waals surface area contributed by atoms with Gasteiger partial charge in [0.2, 0.25) is 0 Å². The summed E-state index contributed by atoms with van der Waals surface area (Å²) >= 11 is 0. The highest BCUT2D eigenvalue weighted by molar-refractivity contribution is 5.02. The third-order valence-corrected chi connectivity index (χ3v) is 3.23. The van der Waals surface area contributed by atoms with Gasteiger partial charge < -0.3 is 5.11 Å². The molecule has 3 atom stereocenters. The quantitative estimate of drug-likeness (QED) is 0.619. The molecule has 1 nitrogen and oxygen atoms in total. The van der Waals surface area contributed by atoms with Crippen molar-refractivity contribution in [2.75, 3.05) is 0 Å². The minimum absolute atomic E-state index is 0.369. The number of hydrogen-bond donors (Lipinski definition) is 1.